The second-order valence-electron chi connectivity index (χ2n) is 6.01. The Morgan fingerprint density at radius 1 is 0.958 bits per heavy atom. The number of hydrogen-bond donors (Lipinski definition) is 2. The number of likely N-dealkylation sites (N-methyl/N-ethyl adjacent to an activating group) is 1. The van der Waals surface area contributed by atoms with Crippen molar-refractivity contribution in [1.29, 1.82) is 0 Å². The van der Waals surface area contributed by atoms with E-state index < -0.39 is 0 Å². The van der Waals surface area contributed by atoms with E-state index in [-0.39, 0.29) is 18.4 Å². The Labute approximate surface area is 145 Å². The Bertz CT molecular complexity index is 486. The van der Waals surface area contributed by atoms with E-state index in [1.807, 2.05) is 31.2 Å². The van der Waals surface area contributed by atoms with Crippen LogP contribution in [0, 0.1) is 6.92 Å². The molecule has 2 N–H and O–H groups in total. The average Bonchev–Trinajstić information content (AvgIpc) is 2.58. The first kappa shape index (κ1) is 20.2. The average molecular weight is 334 g/mol. The van der Waals surface area contributed by atoms with Gasteiger partial charge in [0.25, 0.3) is 0 Å². The third-order valence-corrected chi connectivity index (χ3v) is 3.78. The third-order valence-electron chi connectivity index (χ3n) is 3.78. The van der Waals surface area contributed by atoms with Gasteiger partial charge >= 0.3 is 0 Å². The SMILES string of the molecule is CNC(=O)COCCCCCCCNC(=O)Cc1ccc(C)cc1. The Kier molecular flexibility index (Phi) is 10.5. The first-order chi connectivity index (χ1) is 11.6. The van der Waals surface area contributed by atoms with Gasteiger partial charge in [-0.3, -0.25) is 9.59 Å². The highest BCUT2D eigenvalue weighted by Crippen LogP contribution is 2.05. The highest BCUT2D eigenvalue weighted by Gasteiger charge is 2.02. The topological polar surface area (TPSA) is 67.4 Å². The van der Waals surface area contributed by atoms with Gasteiger partial charge in [-0.15, -0.1) is 0 Å². The zero-order chi connectivity index (χ0) is 17.6. The summed E-state index contributed by atoms with van der Waals surface area (Å²) < 4.78 is 5.24. The van der Waals surface area contributed by atoms with Crippen LogP contribution >= 0.6 is 0 Å². The summed E-state index contributed by atoms with van der Waals surface area (Å²) in [6.07, 6.45) is 5.72. The number of carbonyl (C=O) groups excluding carboxylic acids is 2. The number of amides is 2. The van der Waals surface area contributed by atoms with Gasteiger partial charge < -0.3 is 15.4 Å². The molecule has 0 spiro atoms. The molecule has 1 aromatic rings. The molecule has 0 heterocycles. The van der Waals surface area contributed by atoms with Crippen molar-refractivity contribution in [3.05, 3.63) is 35.4 Å². The van der Waals surface area contributed by atoms with Crippen LogP contribution in [0.15, 0.2) is 24.3 Å². The van der Waals surface area contributed by atoms with Gasteiger partial charge in [-0.2, -0.15) is 0 Å². The van der Waals surface area contributed by atoms with Gasteiger partial charge in [0.2, 0.25) is 11.8 Å². The van der Waals surface area contributed by atoms with Crippen molar-refractivity contribution in [3.8, 4) is 0 Å². The molecule has 5 heteroatoms. The zero-order valence-corrected chi connectivity index (χ0v) is 14.9. The van der Waals surface area contributed by atoms with Gasteiger partial charge in [0, 0.05) is 20.2 Å². The van der Waals surface area contributed by atoms with Gasteiger partial charge in [0.05, 0.1) is 6.42 Å². The molecule has 24 heavy (non-hydrogen) atoms. The van der Waals surface area contributed by atoms with Gasteiger partial charge in [0.1, 0.15) is 6.61 Å². The van der Waals surface area contributed by atoms with Crippen molar-refractivity contribution < 1.29 is 14.3 Å². The van der Waals surface area contributed by atoms with E-state index in [1.165, 1.54) is 5.56 Å². The molecule has 0 saturated heterocycles. The minimum Gasteiger partial charge on any atom is -0.372 e. The Morgan fingerprint density at radius 3 is 2.33 bits per heavy atom. The summed E-state index contributed by atoms with van der Waals surface area (Å²) in [5.74, 6) is -0.00201. The van der Waals surface area contributed by atoms with Crippen molar-refractivity contribution in [2.24, 2.45) is 0 Å². The fourth-order valence-electron chi connectivity index (χ4n) is 2.28. The lowest BCUT2D eigenvalue weighted by Crippen LogP contribution is -2.26. The van der Waals surface area contributed by atoms with Crippen LogP contribution in [0.1, 0.15) is 43.2 Å². The molecule has 0 unspecified atom stereocenters. The predicted octanol–water partition coefficient (Wildman–Crippen LogP) is 2.37. The number of unbranched alkanes of at least 4 members (excludes halogenated alkanes) is 4. The molecular formula is C19H30N2O3. The summed E-state index contributed by atoms with van der Waals surface area (Å²) in [7, 11) is 1.60. The van der Waals surface area contributed by atoms with Gasteiger partial charge in [0.15, 0.2) is 0 Å². The van der Waals surface area contributed by atoms with Crippen molar-refractivity contribution in [2.75, 3.05) is 26.8 Å². The number of benzene rings is 1. The maximum atomic E-state index is 11.8. The summed E-state index contributed by atoms with van der Waals surface area (Å²) in [6, 6.07) is 8.06. The van der Waals surface area contributed by atoms with Crippen LogP contribution in [-0.2, 0) is 20.7 Å². The number of aryl methyl sites for hydroxylation is 1. The molecule has 134 valence electrons. The van der Waals surface area contributed by atoms with Crippen LogP contribution < -0.4 is 10.6 Å². The van der Waals surface area contributed by atoms with Crippen LogP contribution in [0.2, 0.25) is 0 Å². The van der Waals surface area contributed by atoms with Gasteiger partial charge in [-0.1, -0.05) is 49.1 Å². The van der Waals surface area contributed by atoms with E-state index >= 15 is 0 Å². The highest BCUT2D eigenvalue weighted by molar-refractivity contribution is 5.78. The molecule has 0 aliphatic heterocycles. The molecular weight excluding hydrogens is 304 g/mol. The molecule has 5 nitrogen and oxygen atoms in total. The minimum absolute atomic E-state index is 0.0847. The van der Waals surface area contributed by atoms with Crippen LogP contribution in [-0.4, -0.2) is 38.6 Å². The predicted molar refractivity (Wildman–Crippen MR) is 95.9 cm³/mol. The van der Waals surface area contributed by atoms with Crippen LogP contribution in [0.5, 0.6) is 0 Å². The summed E-state index contributed by atoms with van der Waals surface area (Å²) in [5.41, 5.74) is 2.26. The van der Waals surface area contributed by atoms with Crippen LogP contribution in [0.4, 0.5) is 0 Å². The lowest BCUT2D eigenvalue weighted by Gasteiger charge is -2.06. The zero-order valence-electron chi connectivity index (χ0n) is 14.9. The largest absolute Gasteiger partial charge is 0.372 e. The molecule has 0 bridgehead atoms. The smallest absolute Gasteiger partial charge is 0.245 e. The summed E-state index contributed by atoms with van der Waals surface area (Å²) in [5, 5.41) is 5.49. The number of nitrogens with one attached hydrogen (secondary N) is 2. The molecule has 0 atom stereocenters. The third kappa shape index (κ3) is 10.0. The molecule has 2 amide bonds. The maximum Gasteiger partial charge on any atom is 0.245 e. The standard InChI is InChI=1S/C19H30N2O3/c1-16-8-10-17(11-9-16)14-18(22)21-12-6-4-3-5-7-13-24-15-19(23)20-2/h8-11H,3-7,12-15H2,1-2H3,(H,20,23)(H,21,22). The first-order valence-electron chi connectivity index (χ1n) is 8.72. The second kappa shape index (κ2) is 12.5. The van der Waals surface area contributed by atoms with Gasteiger partial charge in [-0.05, 0) is 25.3 Å². The molecule has 0 saturated carbocycles. The lowest BCUT2D eigenvalue weighted by atomic mass is 10.1. The Morgan fingerprint density at radius 2 is 1.62 bits per heavy atom. The van der Waals surface area contributed by atoms with Crippen molar-refractivity contribution in [3.63, 3.8) is 0 Å². The lowest BCUT2D eigenvalue weighted by molar-refractivity contribution is -0.125. The van der Waals surface area contributed by atoms with Crippen molar-refractivity contribution in [1.82, 2.24) is 10.6 Å². The van der Waals surface area contributed by atoms with E-state index in [2.05, 4.69) is 10.6 Å². The van der Waals surface area contributed by atoms with Crippen molar-refractivity contribution in [2.45, 2.75) is 45.4 Å². The quantitative estimate of drug-likeness (QED) is 0.577. The first-order valence-corrected chi connectivity index (χ1v) is 8.72. The fraction of sp³-hybridized carbons (Fsp3) is 0.579. The van der Waals surface area contributed by atoms with E-state index in [1.54, 1.807) is 7.05 Å². The number of ether oxygens (including phenoxy) is 1. The molecule has 0 aliphatic carbocycles. The van der Waals surface area contributed by atoms with Crippen LogP contribution in [0.25, 0.3) is 0 Å². The Hall–Kier alpha value is -1.88. The fourth-order valence-corrected chi connectivity index (χ4v) is 2.28. The number of carbonyl (C=O) groups is 2. The Balaban J connectivity index is 1.92. The molecule has 1 rings (SSSR count). The normalized spacial score (nSPS) is 10.4. The monoisotopic (exact) mass is 334 g/mol. The van der Waals surface area contributed by atoms with E-state index in [9.17, 15) is 9.59 Å². The van der Waals surface area contributed by atoms with Crippen LogP contribution in [0.3, 0.4) is 0 Å². The highest BCUT2D eigenvalue weighted by atomic mass is 16.5. The van der Waals surface area contributed by atoms with Gasteiger partial charge in [-0.25, -0.2) is 0 Å². The van der Waals surface area contributed by atoms with E-state index in [4.69, 9.17) is 4.74 Å². The summed E-state index contributed by atoms with van der Waals surface area (Å²) in [4.78, 5) is 22.8. The summed E-state index contributed by atoms with van der Waals surface area (Å²) >= 11 is 0. The molecule has 0 radical (unpaired) electrons. The molecule has 0 aromatic heterocycles. The summed E-state index contributed by atoms with van der Waals surface area (Å²) in [6.45, 7) is 3.54. The number of hydrogen-bond acceptors (Lipinski definition) is 3. The molecule has 0 aliphatic rings. The molecule has 0 fully saturated rings. The second-order valence-corrected chi connectivity index (χ2v) is 6.01. The van der Waals surface area contributed by atoms with E-state index in [0.29, 0.717) is 13.0 Å². The van der Waals surface area contributed by atoms with Crippen molar-refractivity contribution >= 4 is 11.8 Å². The number of rotatable bonds is 12. The molecule has 1 aromatic carbocycles. The van der Waals surface area contributed by atoms with E-state index in [0.717, 1.165) is 44.2 Å². The maximum absolute atomic E-state index is 11.8. The minimum atomic E-state index is -0.0867.